The van der Waals surface area contributed by atoms with Gasteiger partial charge >= 0.3 is 0 Å². The van der Waals surface area contributed by atoms with Gasteiger partial charge in [-0.15, -0.1) is 0 Å². The van der Waals surface area contributed by atoms with Crippen LogP contribution in [0.4, 0.5) is 0 Å². The van der Waals surface area contributed by atoms with E-state index < -0.39 is 0 Å². The second-order valence-corrected chi connectivity index (χ2v) is 5.50. The second kappa shape index (κ2) is 7.18. The lowest BCUT2D eigenvalue weighted by molar-refractivity contribution is 0.287. The van der Waals surface area contributed by atoms with Gasteiger partial charge < -0.3 is 14.5 Å². The highest BCUT2D eigenvalue weighted by Gasteiger charge is 2.15. The summed E-state index contributed by atoms with van der Waals surface area (Å²) < 4.78 is 11.5. The molecular formula is C19H22N2O2. The van der Waals surface area contributed by atoms with Crippen molar-refractivity contribution in [2.75, 3.05) is 13.7 Å². The van der Waals surface area contributed by atoms with Crippen LogP contribution in [0.1, 0.15) is 26.2 Å². The molecule has 4 heteroatoms. The van der Waals surface area contributed by atoms with E-state index in [0.717, 1.165) is 46.8 Å². The zero-order valence-electron chi connectivity index (χ0n) is 13.6. The molecule has 0 aliphatic carbocycles. The Morgan fingerprint density at radius 3 is 2.70 bits per heavy atom. The molecule has 0 radical (unpaired) electrons. The molecule has 1 aromatic heterocycles. The van der Waals surface area contributed by atoms with Gasteiger partial charge in [0.1, 0.15) is 5.82 Å². The van der Waals surface area contributed by atoms with E-state index in [9.17, 15) is 0 Å². The molecule has 0 unspecified atom stereocenters. The number of ether oxygens (including phenoxy) is 2. The van der Waals surface area contributed by atoms with Crippen LogP contribution in [0, 0.1) is 0 Å². The number of unbranched alkanes of at least 4 members (excludes halogenated alkanes) is 2. The first-order valence-electron chi connectivity index (χ1n) is 8.08. The van der Waals surface area contributed by atoms with Crippen molar-refractivity contribution in [3.63, 3.8) is 0 Å². The van der Waals surface area contributed by atoms with Crippen molar-refractivity contribution in [2.24, 2.45) is 0 Å². The lowest BCUT2D eigenvalue weighted by Crippen LogP contribution is -2.01. The zero-order valence-corrected chi connectivity index (χ0v) is 13.6. The van der Waals surface area contributed by atoms with Crippen molar-refractivity contribution in [2.45, 2.75) is 26.2 Å². The molecule has 120 valence electrons. The van der Waals surface area contributed by atoms with Crippen LogP contribution >= 0.6 is 0 Å². The smallest absolute Gasteiger partial charge is 0.172 e. The minimum Gasteiger partial charge on any atom is -0.493 e. The van der Waals surface area contributed by atoms with Crippen molar-refractivity contribution in [1.29, 1.82) is 0 Å². The molecule has 0 saturated heterocycles. The van der Waals surface area contributed by atoms with Gasteiger partial charge in [0.25, 0.3) is 0 Å². The monoisotopic (exact) mass is 310 g/mol. The Balaban J connectivity index is 1.96. The average molecular weight is 310 g/mol. The van der Waals surface area contributed by atoms with E-state index in [1.807, 2.05) is 42.5 Å². The minimum absolute atomic E-state index is 0.682. The summed E-state index contributed by atoms with van der Waals surface area (Å²) in [4.78, 5) is 8.03. The van der Waals surface area contributed by atoms with Crippen LogP contribution in [0.5, 0.6) is 11.5 Å². The predicted molar refractivity (Wildman–Crippen MR) is 93.1 cm³/mol. The van der Waals surface area contributed by atoms with Gasteiger partial charge in [-0.05, 0) is 30.7 Å². The summed E-state index contributed by atoms with van der Waals surface area (Å²) in [5.74, 6) is 2.29. The summed E-state index contributed by atoms with van der Waals surface area (Å²) >= 11 is 0. The Bertz CT molecular complexity index is 747. The Morgan fingerprint density at radius 2 is 1.91 bits per heavy atom. The van der Waals surface area contributed by atoms with Crippen LogP contribution in [0.15, 0.2) is 42.5 Å². The maximum atomic E-state index is 6.03. The third kappa shape index (κ3) is 3.31. The van der Waals surface area contributed by atoms with Crippen LogP contribution in [0.25, 0.3) is 22.4 Å². The van der Waals surface area contributed by atoms with Gasteiger partial charge in [0.2, 0.25) is 0 Å². The molecule has 0 bridgehead atoms. The molecule has 0 aliphatic rings. The van der Waals surface area contributed by atoms with E-state index >= 15 is 0 Å². The summed E-state index contributed by atoms with van der Waals surface area (Å²) in [6.07, 6.45) is 3.37. The van der Waals surface area contributed by atoms with Gasteiger partial charge in [-0.3, -0.25) is 0 Å². The molecule has 1 N–H and O–H groups in total. The van der Waals surface area contributed by atoms with E-state index in [2.05, 4.69) is 16.9 Å². The van der Waals surface area contributed by atoms with Gasteiger partial charge in [0.15, 0.2) is 11.5 Å². The molecule has 3 rings (SSSR count). The first-order valence-corrected chi connectivity index (χ1v) is 8.08. The summed E-state index contributed by atoms with van der Waals surface area (Å²) in [7, 11) is 1.66. The van der Waals surface area contributed by atoms with E-state index in [0.29, 0.717) is 6.61 Å². The largest absolute Gasteiger partial charge is 0.493 e. The number of H-pyrrole nitrogens is 1. The maximum absolute atomic E-state index is 6.03. The molecule has 4 nitrogen and oxygen atoms in total. The highest BCUT2D eigenvalue weighted by molar-refractivity contribution is 5.81. The second-order valence-electron chi connectivity index (χ2n) is 5.50. The number of methoxy groups -OCH3 is 1. The average Bonchev–Trinajstić information content (AvgIpc) is 3.02. The summed E-state index contributed by atoms with van der Waals surface area (Å²) in [5, 5.41) is 0. The highest BCUT2D eigenvalue weighted by Crippen LogP contribution is 2.37. The lowest BCUT2D eigenvalue weighted by Gasteiger charge is -2.13. The molecule has 0 saturated carbocycles. The fourth-order valence-corrected chi connectivity index (χ4v) is 2.62. The Hall–Kier alpha value is -2.49. The Morgan fingerprint density at radius 1 is 1.04 bits per heavy atom. The van der Waals surface area contributed by atoms with Crippen LogP contribution in [-0.2, 0) is 0 Å². The maximum Gasteiger partial charge on any atom is 0.172 e. The molecule has 0 spiro atoms. The number of imidazole rings is 1. The third-order valence-corrected chi connectivity index (χ3v) is 3.84. The van der Waals surface area contributed by atoms with Gasteiger partial charge in [-0.25, -0.2) is 4.98 Å². The van der Waals surface area contributed by atoms with Crippen LogP contribution in [-0.4, -0.2) is 23.7 Å². The predicted octanol–water partition coefficient (Wildman–Crippen LogP) is 4.81. The SMILES string of the molecule is CCCCCOc1c(OC)cccc1-c1nc2ccccc2[nH]1. The van der Waals surface area contributed by atoms with E-state index in [1.165, 1.54) is 6.42 Å². The molecule has 1 heterocycles. The summed E-state index contributed by atoms with van der Waals surface area (Å²) in [6.45, 7) is 2.87. The van der Waals surface area contributed by atoms with Crippen molar-refractivity contribution in [3.05, 3.63) is 42.5 Å². The number of para-hydroxylation sites is 3. The zero-order chi connectivity index (χ0) is 16.1. The number of hydrogen-bond acceptors (Lipinski definition) is 3. The lowest BCUT2D eigenvalue weighted by atomic mass is 10.1. The molecule has 2 aromatic carbocycles. The van der Waals surface area contributed by atoms with Gasteiger partial charge in [0, 0.05) is 0 Å². The van der Waals surface area contributed by atoms with Crippen LogP contribution < -0.4 is 9.47 Å². The van der Waals surface area contributed by atoms with Crippen molar-refractivity contribution >= 4 is 11.0 Å². The number of nitrogens with zero attached hydrogens (tertiary/aromatic N) is 1. The van der Waals surface area contributed by atoms with Crippen LogP contribution in [0.3, 0.4) is 0 Å². The van der Waals surface area contributed by atoms with Crippen molar-refractivity contribution < 1.29 is 9.47 Å². The minimum atomic E-state index is 0.682. The number of hydrogen-bond donors (Lipinski definition) is 1. The molecular weight excluding hydrogens is 288 g/mol. The Kier molecular flexibility index (Phi) is 4.81. The molecule has 0 fully saturated rings. The van der Waals surface area contributed by atoms with Crippen LogP contribution in [0.2, 0.25) is 0 Å². The molecule has 0 atom stereocenters. The summed E-state index contributed by atoms with van der Waals surface area (Å²) in [6, 6.07) is 13.9. The van der Waals surface area contributed by atoms with E-state index in [1.54, 1.807) is 7.11 Å². The molecule has 0 aliphatic heterocycles. The van der Waals surface area contributed by atoms with E-state index in [-0.39, 0.29) is 0 Å². The van der Waals surface area contributed by atoms with Crippen molar-refractivity contribution in [3.8, 4) is 22.9 Å². The number of aromatic amines is 1. The quantitative estimate of drug-likeness (QED) is 0.637. The molecule has 3 aromatic rings. The number of rotatable bonds is 7. The molecule has 0 amide bonds. The number of benzene rings is 2. The normalized spacial score (nSPS) is 10.9. The number of nitrogens with one attached hydrogen (secondary N) is 1. The first kappa shape index (κ1) is 15.4. The standard InChI is InChI=1S/C19H22N2O2/c1-3-4-7-13-23-18-14(9-8-12-17(18)22-2)19-20-15-10-5-6-11-16(15)21-19/h5-6,8-12H,3-4,7,13H2,1-2H3,(H,20,21). The number of fused-ring (bicyclic) bond motifs is 1. The number of aromatic nitrogens is 2. The van der Waals surface area contributed by atoms with E-state index in [4.69, 9.17) is 9.47 Å². The van der Waals surface area contributed by atoms with Gasteiger partial charge in [-0.2, -0.15) is 0 Å². The van der Waals surface area contributed by atoms with Gasteiger partial charge in [-0.1, -0.05) is 38.0 Å². The topological polar surface area (TPSA) is 47.1 Å². The third-order valence-electron chi connectivity index (χ3n) is 3.84. The van der Waals surface area contributed by atoms with Crippen molar-refractivity contribution in [1.82, 2.24) is 9.97 Å². The first-order chi connectivity index (χ1) is 11.3. The highest BCUT2D eigenvalue weighted by atomic mass is 16.5. The Labute approximate surface area is 136 Å². The van der Waals surface area contributed by atoms with Gasteiger partial charge in [0.05, 0.1) is 30.3 Å². The fraction of sp³-hybridized carbons (Fsp3) is 0.316. The summed E-state index contributed by atoms with van der Waals surface area (Å²) in [5.41, 5.74) is 2.89. The fourth-order valence-electron chi connectivity index (χ4n) is 2.62. The molecule has 23 heavy (non-hydrogen) atoms.